The van der Waals surface area contributed by atoms with Crippen LogP contribution in [-0.4, -0.2) is 67.6 Å². The number of nitrogen functional groups attached to an aromatic ring is 1. The molecule has 0 spiro atoms. The average molecular weight is 400 g/mol. The highest BCUT2D eigenvalue weighted by atomic mass is 16.6. The maximum absolute atomic E-state index is 12.7. The predicted molar refractivity (Wildman–Crippen MR) is 101 cm³/mol. The number of hydrogen-bond acceptors (Lipinski definition) is 9. The van der Waals surface area contributed by atoms with Crippen molar-refractivity contribution in [3.63, 3.8) is 0 Å². The quantitative estimate of drug-likeness (QED) is 0.442. The lowest BCUT2D eigenvalue weighted by molar-refractivity contribution is -0.0459. The van der Waals surface area contributed by atoms with Gasteiger partial charge in [0.1, 0.15) is 24.6 Å². The Morgan fingerprint density at radius 1 is 1.34 bits per heavy atom. The molecule has 0 radical (unpaired) electrons. The Balaban J connectivity index is 1.76. The molecule has 3 heterocycles. The molecule has 1 amide bonds. The summed E-state index contributed by atoms with van der Waals surface area (Å²) in [6.45, 7) is -0.443. The van der Waals surface area contributed by atoms with Crippen molar-refractivity contribution in [3.05, 3.63) is 42.2 Å². The van der Waals surface area contributed by atoms with Crippen LogP contribution in [0.1, 0.15) is 16.6 Å². The number of nitrogens with zero attached hydrogens (tertiary/aromatic N) is 4. The van der Waals surface area contributed by atoms with Gasteiger partial charge in [0, 0.05) is 5.56 Å². The molecule has 4 unspecified atom stereocenters. The minimum atomic E-state index is -1.18. The van der Waals surface area contributed by atoms with Crippen LogP contribution in [0.4, 0.5) is 5.82 Å². The van der Waals surface area contributed by atoms with Crippen molar-refractivity contribution >= 4 is 22.9 Å². The van der Waals surface area contributed by atoms with Gasteiger partial charge in [-0.05, 0) is 12.1 Å². The van der Waals surface area contributed by atoms with Crippen molar-refractivity contribution in [3.8, 4) is 6.01 Å². The Morgan fingerprint density at radius 2 is 2.10 bits per heavy atom. The number of rotatable bonds is 5. The fourth-order valence-corrected chi connectivity index (χ4v) is 3.38. The molecule has 2 aromatic heterocycles. The first-order chi connectivity index (χ1) is 14.0. The molecule has 4 atom stereocenters. The van der Waals surface area contributed by atoms with E-state index in [1.807, 2.05) is 0 Å². The van der Waals surface area contributed by atoms with Gasteiger partial charge in [-0.25, -0.2) is 14.5 Å². The van der Waals surface area contributed by atoms with Crippen LogP contribution in [0.3, 0.4) is 0 Å². The summed E-state index contributed by atoms with van der Waals surface area (Å²) in [4.78, 5) is 25.1. The van der Waals surface area contributed by atoms with E-state index in [0.717, 1.165) is 0 Å². The maximum atomic E-state index is 12.7. The number of amides is 1. The van der Waals surface area contributed by atoms with Gasteiger partial charge in [0.25, 0.3) is 5.91 Å². The van der Waals surface area contributed by atoms with E-state index in [9.17, 15) is 15.0 Å². The predicted octanol–water partition coefficient (Wildman–Crippen LogP) is -0.534. The van der Waals surface area contributed by atoms with Gasteiger partial charge in [-0.15, -0.1) is 0 Å². The fourth-order valence-electron chi connectivity index (χ4n) is 3.38. The normalized spacial score (nSPS) is 24.0. The monoisotopic (exact) mass is 400 g/mol. The van der Waals surface area contributed by atoms with E-state index in [-0.39, 0.29) is 11.8 Å². The number of ether oxygens (including phenoxy) is 2. The molecule has 1 aliphatic rings. The number of carbonyl (C=O) groups excluding carboxylic acids is 1. The molecule has 152 valence electrons. The molecule has 0 aliphatic carbocycles. The van der Waals surface area contributed by atoms with Crippen LogP contribution in [0.25, 0.3) is 11.2 Å². The molecule has 0 bridgehead atoms. The molecule has 3 aromatic rings. The van der Waals surface area contributed by atoms with Gasteiger partial charge in [-0.1, -0.05) is 18.2 Å². The maximum Gasteiger partial charge on any atom is 0.300 e. The van der Waals surface area contributed by atoms with E-state index in [0.29, 0.717) is 16.7 Å². The Bertz CT molecular complexity index is 1030. The summed E-state index contributed by atoms with van der Waals surface area (Å²) < 4.78 is 12.6. The highest BCUT2D eigenvalue weighted by molar-refractivity contribution is 5.94. The lowest BCUT2D eigenvalue weighted by Gasteiger charge is -2.23. The smallest absolute Gasteiger partial charge is 0.300 e. The van der Waals surface area contributed by atoms with Crippen molar-refractivity contribution in [1.82, 2.24) is 24.8 Å². The summed E-state index contributed by atoms with van der Waals surface area (Å²) >= 11 is 0. The highest BCUT2D eigenvalue weighted by Crippen LogP contribution is 2.36. The van der Waals surface area contributed by atoms with Gasteiger partial charge in [0.05, 0.1) is 13.7 Å². The van der Waals surface area contributed by atoms with Crippen molar-refractivity contribution in [2.24, 2.45) is 0 Å². The number of nitrogens with two attached hydrogens (primary N) is 1. The second-order valence-corrected chi connectivity index (χ2v) is 6.50. The topological polar surface area (TPSA) is 158 Å². The average Bonchev–Trinajstić information content (AvgIpc) is 3.27. The van der Waals surface area contributed by atoms with E-state index >= 15 is 0 Å². The minimum Gasteiger partial charge on any atom is -0.468 e. The number of carbonyl (C=O) groups is 1. The molecule has 29 heavy (non-hydrogen) atoms. The van der Waals surface area contributed by atoms with Gasteiger partial charge in [0.2, 0.25) is 0 Å². The summed E-state index contributed by atoms with van der Waals surface area (Å²) in [5, 5.41) is 23.1. The molecule has 1 aromatic carbocycles. The zero-order chi connectivity index (χ0) is 20.5. The van der Waals surface area contributed by atoms with Gasteiger partial charge in [0.15, 0.2) is 23.2 Å². The molecule has 5 N–H and O–H groups in total. The fraction of sp³-hybridized carbons (Fsp3) is 0.333. The minimum absolute atomic E-state index is 0.113. The zero-order valence-corrected chi connectivity index (χ0v) is 15.5. The number of aliphatic hydroxyl groups is 2. The number of aliphatic hydroxyl groups excluding tert-OH is 2. The van der Waals surface area contributed by atoms with Crippen LogP contribution in [-0.2, 0) is 4.74 Å². The van der Waals surface area contributed by atoms with Crippen molar-refractivity contribution in [2.75, 3.05) is 19.5 Å². The van der Waals surface area contributed by atoms with Crippen molar-refractivity contribution in [1.29, 1.82) is 0 Å². The second-order valence-electron chi connectivity index (χ2n) is 6.50. The molecule has 1 saturated heterocycles. The second kappa shape index (κ2) is 7.62. The van der Waals surface area contributed by atoms with Crippen LogP contribution >= 0.6 is 0 Å². The van der Waals surface area contributed by atoms with Crippen molar-refractivity contribution < 1.29 is 24.5 Å². The zero-order valence-electron chi connectivity index (χ0n) is 15.5. The third-order valence-electron chi connectivity index (χ3n) is 4.79. The Morgan fingerprint density at radius 3 is 2.79 bits per heavy atom. The van der Waals surface area contributed by atoms with Crippen LogP contribution in [0.15, 0.2) is 36.7 Å². The summed E-state index contributed by atoms with van der Waals surface area (Å²) in [5.41, 5.74) is 6.90. The number of imidazole rings is 1. The summed E-state index contributed by atoms with van der Waals surface area (Å²) in [6, 6.07) is 7.76. The first-order valence-electron chi connectivity index (χ1n) is 8.87. The standard InChI is InChI=1S/C18H20N6O5/c1-28-18-23-12-14(19)20-8-21-15(12)24(18)17-11(13(26)10(7-25)29-17)22-16(27)9-5-3-2-4-6-9/h2-6,8,10-11,13,17,25-26H,7H2,1H3,(H,22,27)(H2,19,20,21). The number of fused-ring (bicyclic) bond motifs is 1. The summed E-state index contributed by atoms with van der Waals surface area (Å²) in [5.74, 6) is -0.256. The molecule has 4 rings (SSSR count). The van der Waals surface area contributed by atoms with Crippen LogP contribution in [0, 0.1) is 0 Å². The molecule has 11 nitrogen and oxygen atoms in total. The molecule has 11 heteroatoms. The summed E-state index contributed by atoms with van der Waals surface area (Å²) in [7, 11) is 1.41. The van der Waals surface area contributed by atoms with E-state index in [1.165, 1.54) is 18.0 Å². The van der Waals surface area contributed by atoms with Gasteiger partial charge < -0.3 is 30.7 Å². The third-order valence-corrected chi connectivity index (χ3v) is 4.79. The Kier molecular flexibility index (Phi) is 5.01. The first-order valence-corrected chi connectivity index (χ1v) is 8.87. The largest absolute Gasteiger partial charge is 0.468 e. The number of nitrogens with one attached hydrogen (secondary N) is 1. The number of anilines is 1. The Hall–Kier alpha value is -3.28. The van der Waals surface area contributed by atoms with Crippen LogP contribution in [0.2, 0.25) is 0 Å². The van der Waals surface area contributed by atoms with Gasteiger partial charge in [-0.3, -0.25) is 4.79 Å². The molecule has 0 saturated carbocycles. The Labute approximate surface area is 165 Å². The molecule has 1 aliphatic heterocycles. The van der Waals surface area contributed by atoms with Crippen molar-refractivity contribution in [2.45, 2.75) is 24.5 Å². The number of benzene rings is 1. The number of aromatic nitrogens is 4. The van der Waals surface area contributed by atoms with E-state index < -0.39 is 37.0 Å². The first kappa shape index (κ1) is 19.1. The van der Waals surface area contributed by atoms with Gasteiger partial charge in [-0.2, -0.15) is 4.98 Å². The van der Waals surface area contributed by atoms with Gasteiger partial charge >= 0.3 is 6.01 Å². The lowest BCUT2D eigenvalue weighted by Crippen LogP contribution is -2.46. The van der Waals surface area contributed by atoms with Crippen LogP contribution < -0.4 is 15.8 Å². The molecule has 1 fully saturated rings. The highest BCUT2D eigenvalue weighted by Gasteiger charge is 2.47. The van der Waals surface area contributed by atoms with E-state index in [2.05, 4.69) is 20.3 Å². The number of hydrogen-bond donors (Lipinski definition) is 4. The van der Waals surface area contributed by atoms with E-state index in [1.54, 1.807) is 30.3 Å². The molecular formula is C18H20N6O5. The SMILES string of the molecule is COc1nc2c(N)ncnc2n1C1OC(CO)C(O)C1NC(=O)c1ccccc1. The summed E-state index contributed by atoms with van der Waals surface area (Å²) in [6.07, 6.45) is -1.80. The number of methoxy groups -OCH3 is 1. The lowest BCUT2D eigenvalue weighted by atomic mass is 10.1. The molecular weight excluding hydrogens is 380 g/mol. The third kappa shape index (κ3) is 3.24. The van der Waals surface area contributed by atoms with E-state index in [4.69, 9.17) is 15.2 Å². The van der Waals surface area contributed by atoms with Crippen LogP contribution in [0.5, 0.6) is 6.01 Å².